The summed E-state index contributed by atoms with van der Waals surface area (Å²) in [5, 5.41) is 0. The molecule has 1 heterocycles. The summed E-state index contributed by atoms with van der Waals surface area (Å²) in [5.74, 6) is 0.765. The molecule has 0 spiro atoms. The van der Waals surface area contributed by atoms with Gasteiger partial charge in [-0.25, -0.2) is 0 Å². The highest BCUT2D eigenvalue weighted by atomic mass is 16.5. The van der Waals surface area contributed by atoms with Crippen LogP contribution in [0.15, 0.2) is 0 Å². The maximum absolute atomic E-state index is 5.60. The summed E-state index contributed by atoms with van der Waals surface area (Å²) in [6.45, 7) is 6.58. The normalized spacial score (nSPS) is 45.0. The van der Waals surface area contributed by atoms with Gasteiger partial charge in [-0.05, 0) is 32.6 Å². The molecule has 0 N–H and O–H groups in total. The summed E-state index contributed by atoms with van der Waals surface area (Å²) in [4.78, 5) is 0. The summed E-state index contributed by atoms with van der Waals surface area (Å²) in [7, 11) is 0. The molecule has 9 heavy (non-hydrogen) atoms. The molecule has 0 bridgehead atoms. The average molecular weight is 128 g/mol. The Kier molecular flexibility index (Phi) is 2.12. The van der Waals surface area contributed by atoms with Crippen molar-refractivity contribution in [3.8, 4) is 0 Å². The number of hydrogen-bond acceptors (Lipinski definition) is 1. The Bertz CT molecular complexity index is 90.6. The molecule has 0 aromatic heterocycles. The van der Waals surface area contributed by atoms with Crippen LogP contribution in [0.25, 0.3) is 0 Å². The lowest BCUT2D eigenvalue weighted by Gasteiger charge is -2.30. The second-order valence-corrected chi connectivity index (χ2v) is 3.21. The highest BCUT2D eigenvalue weighted by molar-refractivity contribution is 4.70. The average Bonchev–Trinajstić information content (AvgIpc) is 1.80. The predicted molar refractivity (Wildman–Crippen MR) is 38.4 cm³/mol. The van der Waals surface area contributed by atoms with Gasteiger partial charge in [0.1, 0.15) is 0 Å². The van der Waals surface area contributed by atoms with E-state index in [1.54, 1.807) is 0 Å². The van der Waals surface area contributed by atoms with Crippen LogP contribution in [0, 0.1) is 5.92 Å². The molecule has 1 rings (SSSR count). The minimum absolute atomic E-state index is 0.480. The predicted octanol–water partition coefficient (Wildman–Crippen LogP) is 2.21. The zero-order chi connectivity index (χ0) is 6.85. The first-order valence-corrected chi connectivity index (χ1v) is 3.85. The summed E-state index contributed by atoms with van der Waals surface area (Å²) < 4.78 is 5.60. The van der Waals surface area contributed by atoms with E-state index in [1.165, 1.54) is 12.8 Å². The lowest BCUT2D eigenvalue weighted by atomic mass is 9.95. The molecular formula is C8H16O. The molecule has 0 radical (unpaired) electrons. The third kappa shape index (κ3) is 1.68. The Morgan fingerprint density at radius 2 is 1.78 bits per heavy atom. The third-order valence-electron chi connectivity index (χ3n) is 2.28. The van der Waals surface area contributed by atoms with Gasteiger partial charge in [0.15, 0.2) is 0 Å². The molecule has 0 amide bonds. The third-order valence-corrected chi connectivity index (χ3v) is 2.28. The first-order chi connectivity index (χ1) is 4.20. The van der Waals surface area contributed by atoms with Crippen molar-refractivity contribution in [3.63, 3.8) is 0 Å². The van der Waals surface area contributed by atoms with Crippen LogP contribution in [0.1, 0.15) is 33.6 Å². The summed E-state index contributed by atoms with van der Waals surface area (Å²) in [6.07, 6.45) is 3.55. The van der Waals surface area contributed by atoms with Crippen LogP contribution in [0.2, 0.25) is 0 Å². The number of ether oxygens (including phenoxy) is 1. The molecule has 0 aliphatic carbocycles. The van der Waals surface area contributed by atoms with Gasteiger partial charge in [-0.1, -0.05) is 6.92 Å². The maximum atomic E-state index is 5.60. The SMILES string of the molecule is C[C@@H]1CC[C@H](C)O[C@@H]1C. The molecule has 3 atom stereocenters. The minimum atomic E-state index is 0.480. The van der Waals surface area contributed by atoms with E-state index in [4.69, 9.17) is 4.74 Å². The zero-order valence-electron chi connectivity index (χ0n) is 6.55. The molecule has 0 unspecified atom stereocenters. The van der Waals surface area contributed by atoms with E-state index in [0.717, 1.165) is 5.92 Å². The van der Waals surface area contributed by atoms with Gasteiger partial charge in [-0.2, -0.15) is 0 Å². The monoisotopic (exact) mass is 128 g/mol. The molecule has 1 nitrogen and oxygen atoms in total. The van der Waals surface area contributed by atoms with Crippen LogP contribution < -0.4 is 0 Å². The number of rotatable bonds is 0. The van der Waals surface area contributed by atoms with Crippen molar-refractivity contribution in [2.75, 3.05) is 0 Å². The van der Waals surface area contributed by atoms with Crippen molar-refractivity contribution < 1.29 is 4.74 Å². The van der Waals surface area contributed by atoms with Crippen LogP contribution in [0.5, 0.6) is 0 Å². The first kappa shape index (κ1) is 7.07. The molecule has 0 saturated carbocycles. The van der Waals surface area contributed by atoms with Crippen molar-refractivity contribution in [1.82, 2.24) is 0 Å². The fraction of sp³-hybridized carbons (Fsp3) is 1.00. The highest BCUT2D eigenvalue weighted by Crippen LogP contribution is 2.23. The van der Waals surface area contributed by atoms with E-state index in [9.17, 15) is 0 Å². The van der Waals surface area contributed by atoms with Crippen molar-refractivity contribution in [3.05, 3.63) is 0 Å². The fourth-order valence-electron chi connectivity index (χ4n) is 1.30. The summed E-state index contributed by atoms with van der Waals surface area (Å²) in [5.41, 5.74) is 0. The molecule has 1 saturated heterocycles. The Morgan fingerprint density at radius 3 is 2.22 bits per heavy atom. The standard InChI is InChI=1S/C8H16O/c1-6-4-5-7(2)9-8(6)3/h6-8H,4-5H2,1-3H3/t6-,7+,8-/m1/s1. The summed E-state index contributed by atoms with van der Waals surface area (Å²) in [6, 6.07) is 0. The van der Waals surface area contributed by atoms with E-state index >= 15 is 0 Å². The van der Waals surface area contributed by atoms with Crippen LogP contribution in [-0.2, 0) is 4.74 Å². The Morgan fingerprint density at radius 1 is 1.11 bits per heavy atom. The fourth-order valence-corrected chi connectivity index (χ4v) is 1.30. The second kappa shape index (κ2) is 2.70. The quantitative estimate of drug-likeness (QED) is 0.486. The second-order valence-electron chi connectivity index (χ2n) is 3.21. The van der Waals surface area contributed by atoms with Gasteiger partial charge in [0.25, 0.3) is 0 Å². The van der Waals surface area contributed by atoms with E-state index in [1.807, 2.05) is 0 Å². The van der Waals surface area contributed by atoms with Crippen molar-refractivity contribution >= 4 is 0 Å². The van der Waals surface area contributed by atoms with E-state index in [-0.39, 0.29) is 0 Å². The summed E-state index contributed by atoms with van der Waals surface area (Å²) >= 11 is 0. The van der Waals surface area contributed by atoms with Gasteiger partial charge in [-0.3, -0.25) is 0 Å². The van der Waals surface area contributed by atoms with Crippen LogP contribution >= 0.6 is 0 Å². The maximum Gasteiger partial charge on any atom is 0.0576 e. The van der Waals surface area contributed by atoms with E-state index in [2.05, 4.69) is 20.8 Å². The van der Waals surface area contributed by atoms with Gasteiger partial charge in [0.2, 0.25) is 0 Å². The van der Waals surface area contributed by atoms with Gasteiger partial charge in [0.05, 0.1) is 12.2 Å². The van der Waals surface area contributed by atoms with Gasteiger partial charge in [-0.15, -0.1) is 0 Å². The largest absolute Gasteiger partial charge is 0.375 e. The molecule has 1 fully saturated rings. The van der Waals surface area contributed by atoms with Crippen LogP contribution in [-0.4, -0.2) is 12.2 Å². The van der Waals surface area contributed by atoms with Gasteiger partial charge >= 0.3 is 0 Å². The van der Waals surface area contributed by atoms with Crippen molar-refractivity contribution in [1.29, 1.82) is 0 Å². The molecule has 1 aliphatic rings. The molecular weight excluding hydrogens is 112 g/mol. The lowest BCUT2D eigenvalue weighted by molar-refractivity contribution is -0.0594. The topological polar surface area (TPSA) is 9.23 Å². The first-order valence-electron chi connectivity index (χ1n) is 3.85. The van der Waals surface area contributed by atoms with Crippen molar-refractivity contribution in [2.45, 2.75) is 45.8 Å². The molecule has 0 aromatic rings. The molecule has 1 heteroatoms. The van der Waals surface area contributed by atoms with Gasteiger partial charge < -0.3 is 4.74 Å². The van der Waals surface area contributed by atoms with E-state index < -0.39 is 0 Å². The van der Waals surface area contributed by atoms with Crippen LogP contribution in [0.3, 0.4) is 0 Å². The molecule has 1 aliphatic heterocycles. The minimum Gasteiger partial charge on any atom is -0.375 e. The van der Waals surface area contributed by atoms with Crippen molar-refractivity contribution in [2.24, 2.45) is 5.92 Å². The molecule has 0 aromatic carbocycles. The Balaban J connectivity index is 2.35. The number of hydrogen-bond donors (Lipinski definition) is 0. The Hall–Kier alpha value is -0.0400. The smallest absolute Gasteiger partial charge is 0.0576 e. The van der Waals surface area contributed by atoms with Gasteiger partial charge in [0, 0.05) is 0 Å². The molecule has 54 valence electrons. The lowest BCUT2D eigenvalue weighted by Crippen LogP contribution is -2.29. The van der Waals surface area contributed by atoms with Crippen LogP contribution in [0.4, 0.5) is 0 Å². The van der Waals surface area contributed by atoms with E-state index in [0.29, 0.717) is 12.2 Å². The Labute approximate surface area is 57.4 Å². The zero-order valence-corrected chi connectivity index (χ0v) is 6.55. The highest BCUT2D eigenvalue weighted by Gasteiger charge is 2.21.